The van der Waals surface area contributed by atoms with Gasteiger partial charge in [0.05, 0.1) is 0 Å². The molecule has 0 saturated carbocycles. The third-order valence-electron chi connectivity index (χ3n) is 1.34. The van der Waals surface area contributed by atoms with Gasteiger partial charge in [0.2, 0.25) is 0 Å². The average molecular weight is 168 g/mol. The maximum atomic E-state index is 10.4. The molecule has 0 fully saturated rings. The highest BCUT2D eigenvalue weighted by atomic mass is 16.4. The smallest absolute Gasteiger partial charge is 0.350 e. The zero-order chi connectivity index (χ0) is 9.40. The second-order valence-electron chi connectivity index (χ2n) is 2.35. The Morgan fingerprint density at radius 2 is 2.33 bits per heavy atom. The molecule has 0 radical (unpaired) electrons. The Labute approximate surface area is 72.5 Å². The van der Waals surface area contributed by atoms with Crippen LogP contribution < -0.4 is 0 Å². The summed E-state index contributed by atoms with van der Waals surface area (Å²) in [7, 11) is 0. The molecule has 0 aromatic heterocycles. The molecule has 66 valence electrons. The summed E-state index contributed by atoms with van der Waals surface area (Å²) in [6, 6.07) is 2.49. The lowest BCUT2D eigenvalue weighted by molar-refractivity contribution is -0.132. The van der Waals surface area contributed by atoms with Crippen LogP contribution in [0.3, 0.4) is 0 Å². The van der Waals surface area contributed by atoms with Crippen molar-refractivity contribution in [1.82, 2.24) is 0 Å². The second-order valence-corrected chi connectivity index (χ2v) is 2.35. The van der Waals surface area contributed by atoms with E-state index < -0.39 is 5.97 Å². The van der Waals surface area contributed by atoms with Gasteiger partial charge in [0.1, 0.15) is 0 Å². The molecule has 12 heavy (non-hydrogen) atoms. The molecule has 0 amide bonds. The lowest BCUT2D eigenvalue weighted by atomic mass is 10.3. The van der Waals surface area contributed by atoms with Crippen LogP contribution >= 0.6 is 0 Å². The first-order valence-corrected chi connectivity index (χ1v) is 4.04. The lowest BCUT2D eigenvalue weighted by Gasteiger charge is -1.79. The first-order valence-electron chi connectivity index (χ1n) is 4.04. The molecule has 0 rings (SSSR count). The Bertz CT molecular complexity index is 233. The van der Waals surface area contributed by atoms with Gasteiger partial charge >= 0.3 is 12.0 Å². The van der Waals surface area contributed by atoms with Crippen LogP contribution in [0.4, 0.5) is 0 Å². The van der Waals surface area contributed by atoms with Crippen LogP contribution in [0.15, 0.2) is 11.6 Å². The second kappa shape index (κ2) is 6.41. The Balaban J connectivity index is 4.00. The van der Waals surface area contributed by atoms with Gasteiger partial charge in [-0.3, -0.25) is 0 Å². The number of hydrogen-bond donors (Lipinski definition) is 1. The molecule has 0 heterocycles. The van der Waals surface area contributed by atoms with Gasteiger partial charge in [-0.05, 0) is 13.3 Å². The van der Waals surface area contributed by atoms with Gasteiger partial charge in [0, 0.05) is 6.42 Å². The third kappa shape index (κ3) is 4.51. The summed E-state index contributed by atoms with van der Waals surface area (Å²) in [6.45, 7) is 4.37. The minimum absolute atomic E-state index is 0.131. The van der Waals surface area contributed by atoms with Crippen molar-refractivity contribution in [2.24, 2.45) is 0 Å². The molecule has 0 unspecified atom stereocenters. The highest BCUT2D eigenvalue weighted by Crippen LogP contribution is 1.93. The third-order valence-corrected chi connectivity index (χ3v) is 1.34. The largest absolute Gasteiger partial charge is 0.477 e. The van der Waals surface area contributed by atoms with Crippen LogP contribution in [0.5, 0.6) is 0 Å². The van der Waals surface area contributed by atoms with Gasteiger partial charge in [-0.25, -0.2) is 4.79 Å². The molecule has 0 aromatic carbocycles. The summed E-state index contributed by atoms with van der Waals surface area (Å²) in [5.74, 6) is -0.974. The highest BCUT2D eigenvalue weighted by Gasteiger charge is 2.07. The van der Waals surface area contributed by atoms with Crippen LogP contribution in [-0.4, -0.2) is 17.6 Å². The Morgan fingerprint density at radius 1 is 1.67 bits per heavy atom. The average Bonchev–Trinajstić information content (AvgIpc) is 2.04. The summed E-state index contributed by atoms with van der Waals surface area (Å²) < 4.78 is 0. The summed E-state index contributed by atoms with van der Waals surface area (Å²) >= 11 is 0. The van der Waals surface area contributed by atoms with Gasteiger partial charge in [-0.15, -0.1) is 0 Å². The molecule has 0 bridgehead atoms. The molecular weight excluding hydrogens is 154 g/mol. The maximum absolute atomic E-state index is 10.4. The maximum Gasteiger partial charge on any atom is 0.350 e. The topological polar surface area (TPSA) is 41.7 Å². The van der Waals surface area contributed by atoms with E-state index in [2.05, 4.69) is 17.8 Å². The number of nitrogens with zero attached hydrogens (tertiary/aromatic N) is 1. The Morgan fingerprint density at radius 3 is 2.75 bits per heavy atom. The normalized spacial score (nSPS) is 10.3. The summed E-state index contributed by atoms with van der Waals surface area (Å²) in [4.78, 5) is 14.3. The molecule has 0 atom stereocenters. The summed E-state index contributed by atoms with van der Waals surface area (Å²) in [5.41, 5.74) is 0.131. The van der Waals surface area contributed by atoms with Gasteiger partial charge in [-0.1, -0.05) is 17.8 Å². The van der Waals surface area contributed by atoms with Gasteiger partial charge < -0.3 is 5.11 Å². The van der Waals surface area contributed by atoms with Crippen molar-refractivity contribution in [3.8, 4) is 6.07 Å². The Kier molecular flexibility index (Phi) is 5.72. The molecular formula is C9H14NO2+. The van der Waals surface area contributed by atoms with E-state index in [1.54, 1.807) is 6.92 Å². The monoisotopic (exact) mass is 168 g/mol. The van der Waals surface area contributed by atoms with Crippen LogP contribution in [0, 0.1) is 6.07 Å². The highest BCUT2D eigenvalue weighted by molar-refractivity contribution is 5.91. The van der Waals surface area contributed by atoms with Crippen molar-refractivity contribution >= 4 is 5.97 Å². The molecule has 0 aliphatic carbocycles. The fraction of sp³-hybridized carbons (Fsp3) is 0.556. The number of unbranched alkanes of at least 4 members (excludes halogenated alkanes) is 1. The van der Waals surface area contributed by atoms with Crippen molar-refractivity contribution in [3.05, 3.63) is 16.5 Å². The van der Waals surface area contributed by atoms with E-state index in [4.69, 9.17) is 5.11 Å². The van der Waals surface area contributed by atoms with Gasteiger partial charge in [0.25, 0.3) is 6.54 Å². The number of aliphatic carboxylic acids is 1. The lowest BCUT2D eigenvalue weighted by Crippen LogP contribution is -1.96. The van der Waals surface area contributed by atoms with Crippen molar-refractivity contribution in [1.29, 1.82) is 0 Å². The molecule has 0 aliphatic heterocycles. The minimum Gasteiger partial charge on any atom is -0.477 e. The first kappa shape index (κ1) is 10.7. The van der Waals surface area contributed by atoms with E-state index in [1.165, 1.54) is 6.08 Å². The molecule has 0 aliphatic rings. The van der Waals surface area contributed by atoms with Crippen LogP contribution in [0.25, 0.3) is 4.85 Å². The fourth-order valence-electron chi connectivity index (χ4n) is 0.614. The van der Waals surface area contributed by atoms with Crippen molar-refractivity contribution < 1.29 is 9.90 Å². The zero-order valence-electron chi connectivity index (χ0n) is 7.50. The summed E-state index contributed by atoms with van der Waals surface area (Å²) in [5, 5.41) is 8.54. The van der Waals surface area contributed by atoms with E-state index in [1.807, 2.05) is 0 Å². The van der Waals surface area contributed by atoms with E-state index in [0.29, 0.717) is 6.54 Å². The van der Waals surface area contributed by atoms with Crippen molar-refractivity contribution in [2.75, 3.05) is 6.54 Å². The first-order chi connectivity index (χ1) is 5.72. The predicted octanol–water partition coefficient (Wildman–Crippen LogP) is 2.15. The number of carboxylic acids is 1. The van der Waals surface area contributed by atoms with E-state index in [9.17, 15) is 4.79 Å². The number of allylic oxidation sites excluding steroid dienone is 1. The summed E-state index contributed by atoms with van der Waals surface area (Å²) in [6.07, 6.45) is 3.52. The van der Waals surface area contributed by atoms with Crippen LogP contribution in [0.2, 0.25) is 0 Å². The molecule has 3 nitrogen and oxygen atoms in total. The van der Waals surface area contributed by atoms with Gasteiger partial charge in [-0.2, -0.15) is 0 Å². The standard InChI is InChI=1S/C9H13NO2/c1-3-5-6-10-7-8(4-2)9(11)12/h4H,3,5-6H2,1-2H3/p+1. The zero-order valence-corrected chi connectivity index (χ0v) is 7.50. The molecule has 0 spiro atoms. The van der Waals surface area contributed by atoms with Crippen molar-refractivity contribution in [3.63, 3.8) is 0 Å². The van der Waals surface area contributed by atoms with E-state index in [-0.39, 0.29) is 5.57 Å². The van der Waals surface area contributed by atoms with E-state index >= 15 is 0 Å². The quantitative estimate of drug-likeness (QED) is 0.398. The number of carboxylic acid groups (broad SMARTS) is 1. The van der Waals surface area contributed by atoms with Gasteiger partial charge in [0.15, 0.2) is 5.57 Å². The number of rotatable bonds is 3. The number of hydrogen-bond acceptors (Lipinski definition) is 1. The van der Waals surface area contributed by atoms with Crippen LogP contribution in [-0.2, 0) is 4.79 Å². The molecule has 0 aromatic rings. The van der Waals surface area contributed by atoms with Crippen LogP contribution in [0.1, 0.15) is 26.7 Å². The Hall–Kier alpha value is -1.30. The predicted molar refractivity (Wildman–Crippen MR) is 48.4 cm³/mol. The molecule has 3 heteroatoms. The molecule has 0 saturated heterocycles. The fourth-order valence-corrected chi connectivity index (χ4v) is 0.614. The van der Waals surface area contributed by atoms with E-state index in [0.717, 1.165) is 12.8 Å². The molecule has 1 N–H and O–H groups in total. The SMILES string of the molecule is CC=C(C#[N+]CCCC)C(=O)O. The van der Waals surface area contributed by atoms with Crippen molar-refractivity contribution in [2.45, 2.75) is 26.7 Å². The number of carbonyl (C=O) groups is 1. The minimum atomic E-state index is -0.974.